The summed E-state index contributed by atoms with van der Waals surface area (Å²) in [5.41, 5.74) is 0.0880. The third-order valence-corrected chi connectivity index (χ3v) is 2.30. The zero-order valence-electron chi connectivity index (χ0n) is 19.3. The third-order valence-electron chi connectivity index (χ3n) is 2.30. The molecule has 5 heteroatoms. The molecular formula is C20H44N4Ni-4. The maximum absolute atomic E-state index is 4.53. The Morgan fingerprint density at radius 1 is 0.400 bits per heavy atom. The first-order valence-corrected chi connectivity index (χ1v) is 9.08. The number of hydrogen-bond acceptors (Lipinski definition) is 0. The van der Waals surface area contributed by atoms with Crippen molar-refractivity contribution in [3.63, 3.8) is 0 Å². The van der Waals surface area contributed by atoms with Crippen molar-refractivity contribution in [1.29, 1.82) is 0 Å². The Bertz CT molecular complexity index is 264. The molecule has 0 saturated carbocycles. The number of nitrogens with zero attached hydrogens (tertiary/aromatic N) is 4. The Morgan fingerprint density at radius 2 is 0.520 bits per heavy atom. The molecule has 0 aromatic carbocycles. The van der Waals surface area contributed by atoms with E-state index in [-0.39, 0.29) is 51.0 Å². The number of rotatable bonds is 4. The summed E-state index contributed by atoms with van der Waals surface area (Å²) in [7, 11) is 0. The summed E-state index contributed by atoms with van der Waals surface area (Å²) in [6, 6.07) is 0. The minimum Gasteiger partial charge on any atom is -0.673 e. The predicted octanol–water partition coefficient (Wildman–Crippen LogP) is 7.35. The van der Waals surface area contributed by atoms with Gasteiger partial charge in [-0.1, -0.05) is 83.1 Å². The molecule has 0 heterocycles. The van der Waals surface area contributed by atoms with Crippen LogP contribution in [0.2, 0.25) is 0 Å². The SMILES string of the molecule is CC([N-]C(C)(C)C)[N-]C(C)(C)C.CC([N-]C(C)(C)C)[N-]C(C)(C)C.[Ni]. The van der Waals surface area contributed by atoms with Crippen LogP contribution in [0.15, 0.2) is 0 Å². The van der Waals surface area contributed by atoms with Gasteiger partial charge in [0.05, 0.1) is 0 Å². The van der Waals surface area contributed by atoms with Crippen LogP contribution >= 0.6 is 0 Å². The molecule has 0 spiro atoms. The molecule has 0 rings (SSSR count). The molecule has 25 heavy (non-hydrogen) atoms. The first kappa shape index (κ1) is 30.1. The third kappa shape index (κ3) is 29.4. The molecule has 0 fully saturated rings. The molecule has 0 unspecified atom stereocenters. The Labute approximate surface area is 169 Å². The molecule has 0 aliphatic carbocycles. The molecule has 0 aliphatic heterocycles. The average molecular weight is 399 g/mol. The second-order valence-corrected chi connectivity index (χ2v) is 10.5. The molecule has 4 nitrogen and oxygen atoms in total. The molecule has 158 valence electrons. The predicted molar refractivity (Wildman–Crippen MR) is 111 cm³/mol. The first-order chi connectivity index (χ1) is 10.2. The van der Waals surface area contributed by atoms with Crippen LogP contribution in [-0.2, 0) is 16.5 Å². The molecule has 0 saturated heterocycles. The Morgan fingerprint density at radius 3 is 0.600 bits per heavy atom. The van der Waals surface area contributed by atoms with E-state index in [2.05, 4.69) is 104 Å². The number of hydrogen-bond donors (Lipinski definition) is 0. The van der Waals surface area contributed by atoms with Crippen LogP contribution in [0.4, 0.5) is 0 Å². The standard InChI is InChI=1S/2C10H22N2.Ni/c2*1-8(11-9(2,3)4)12-10(5,6)7;/h2*8H,1-7H3;/q2*-2;. The van der Waals surface area contributed by atoms with Gasteiger partial charge < -0.3 is 21.3 Å². The van der Waals surface area contributed by atoms with Crippen molar-refractivity contribution in [2.45, 2.75) is 131 Å². The second-order valence-electron chi connectivity index (χ2n) is 10.5. The largest absolute Gasteiger partial charge is 0.673 e. The molecule has 0 atom stereocenters. The molecular weight excluding hydrogens is 355 g/mol. The van der Waals surface area contributed by atoms with Gasteiger partial charge in [0.25, 0.3) is 0 Å². The molecule has 0 amide bonds. The van der Waals surface area contributed by atoms with Gasteiger partial charge in [0.15, 0.2) is 0 Å². The summed E-state index contributed by atoms with van der Waals surface area (Å²) in [6.07, 6.45) is 0.204. The Kier molecular flexibility index (Phi) is 13.5. The second kappa shape index (κ2) is 11.2. The first-order valence-electron chi connectivity index (χ1n) is 9.08. The van der Waals surface area contributed by atoms with E-state index in [4.69, 9.17) is 0 Å². The normalized spacial score (nSPS) is 13.4. The summed E-state index contributed by atoms with van der Waals surface area (Å²) in [5, 5.41) is 18.1. The van der Waals surface area contributed by atoms with Crippen LogP contribution in [0.25, 0.3) is 21.3 Å². The van der Waals surface area contributed by atoms with E-state index in [0.717, 1.165) is 0 Å². The topological polar surface area (TPSA) is 56.4 Å². The Hall–Kier alpha value is 0.334. The van der Waals surface area contributed by atoms with Gasteiger partial charge in [-0.05, 0) is 0 Å². The van der Waals surface area contributed by atoms with Crippen molar-refractivity contribution in [1.82, 2.24) is 0 Å². The fraction of sp³-hybridized carbons (Fsp3) is 1.00. The van der Waals surface area contributed by atoms with Crippen molar-refractivity contribution < 1.29 is 16.5 Å². The van der Waals surface area contributed by atoms with Crippen LogP contribution in [-0.4, -0.2) is 34.5 Å². The van der Waals surface area contributed by atoms with E-state index in [1.54, 1.807) is 0 Å². The summed E-state index contributed by atoms with van der Waals surface area (Å²) in [4.78, 5) is 0. The van der Waals surface area contributed by atoms with Crippen molar-refractivity contribution >= 4 is 0 Å². The van der Waals surface area contributed by atoms with E-state index in [0.29, 0.717) is 0 Å². The minimum absolute atomic E-state index is 0. The average Bonchev–Trinajstić information content (AvgIpc) is 2.02. The zero-order valence-corrected chi connectivity index (χ0v) is 20.2. The molecule has 0 N–H and O–H groups in total. The molecule has 0 radical (unpaired) electrons. The van der Waals surface area contributed by atoms with E-state index in [9.17, 15) is 0 Å². The van der Waals surface area contributed by atoms with Crippen LogP contribution in [0.1, 0.15) is 96.9 Å². The molecule has 0 bridgehead atoms. The van der Waals surface area contributed by atoms with Gasteiger partial charge in [-0.15, -0.1) is 36.0 Å². The van der Waals surface area contributed by atoms with Gasteiger partial charge in [0, 0.05) is 16.5 Å². The van der Waals surface area contributed by atoms with Crippen LogP contribution in [0, 0.1) is 0 Å². The molecule has 0 aliphatic rings. The van der Waals surface area contributed by atoms with Gasteiger partial charge in [0.2, 0.25) is 0 Å². The van der Waals surface area contributed by atoms with Crippen LogP contribution < -0.4 is 0 Å². The summed E-state index contributed by atoms with van der Waals surface area (Å²) in [5.74, 6) is 0. The fourth-order valence-corrected chi connectivity index (χ4v) is 2.30. The fourth-order valence-electron chi connectivity index (χ4n) is 2.30. The maximum atomic E-state index is 4.53. The van der Waals surface area contributed by atoms with Gasteiger partial charge in [0.1, 0.15) is 0 Å². The van der Waals surface area contributed by atoms with Crippen molar-refractivity contribution in [2.24, 2.45) is 0 Å². The van der Waals surface area contributed by atoms with Crippen LogP contribution in [0.3, 0.4) is 0 Å². The maximum Gasteiger partial charge on any atom is 0 e. The summed E-state index contributed by atoms with van der Waals surface area (Å²) < 4.78 is 0. The van der Waals surface area contributed by atoms with Crippen molar-refractivity contribution in [3.05, 3.63) is 21.3 Å². The van der Waals surface area contributed by atoms with Gasteiger partial charge in [-0.2, -0.15) is 0 Å². The van der Waals surface area contributed by atoms with E-state index in [1.165, 1.54) is 0 Å². The monoisotopic (exact) mass is 398 g/mol. The Balaban J connectivity index is -0.000000372. The smallest absolute Gasteiger partial charge is 0 e. The van der Waals surface area contributed by atoms with Gasteiger partial charge in [-0.25, -0.2) is 12.3 Å². The van der Waals surface area contributed by atoms with E-state index < -0.39 is 0 Å². The molecule has 0 aromatic heterocycles. The minimum atomic E-state index is 0. The van der Waals surface area contributed by atoms with Crippen molar-refractivity contribution in [3.8, 4) is 0 Å². The van der Waals surface area contributed by atoms with Gasteiger partial charge >= 0.3 is 0 Å². The quantitative estimate of drug-likeness (QED) is 0.444. The van der Waals surface area contributed by atoms with Crippen molar-refractivity contribution in [2.75, 3.05) is 0 Å². The molecule has 0 aromatic rings. The van der Waals surface area contributed by atoms with Gasteiger partial charge in [-0.3, -0.25) is 0 Å². The zero-order chi connectivity index (χ0) is 20.0. The van der Waals surface area contributed by atoms with E-state index >= 15 is 0 Å². The van der Waals surface area contributed by atoms with E-state index in [1.807, 2.05) is 13.8 Å². The van der Waals surface area contributed by atoms with Crippen LogP contribution in [0.5, 0.6) is 0 Å². The summed E-state index contributed by atoms with van der Waals surface area (Å²) in [6.45, 7) is 29.3. The summed E-state index contributed by atoms with van der Waals surface area (Å²) >= 11 is 0.